The number of hydrogen-bond donors (Lipinski definition) is 0. The fraction of sp³-hybridized carbons (Fsp3) is 0. The van der Waals surface area contributed by atoms with Crippen LogP contribution in [0.4, 0.5) is 0 Å². The molecular weight excluding hydrogens is 536 g/mol. The molecule has 0 N–H and O–H groups in total. The van der Waals surface area contributed by atoms with Crippen LogP contribution in [0.5, 0.6) is 0 Å². The molecule has 0 spiro atoms. The number of para-hydroxylation sites is 2. The number of hydrogen-bond acceptors (Lipinski definition) is 2. The lowest BCUT2D eigenvalue weighted by molar-refractivity contribution is 0.664. The zero-order valence-electron chi connectivity index (χ0n) is 23.7. The highest BCUT2D eigenvalue weighted by Gasteiger charge is 2.25. The summed E-state index contributed by atoms with van der Waals surface area (Å²) in [6, 6.07) is 51.8. The Morgan fingerprint density at radius 1 is 0.318 bits per heavy atom. The van der Waals surface area contributed by atoms with Crippen molar-refractivity contribution in [3.05, 3.63) is 146 Å². The van der Waals surface area contributed by atoms with E-state index in [2.05, 4.69) is 133 Å². The summed E-state index contributed by atoms with van der Waals surface area (Å²) in [6.45, 7) is 0. The summed E-state index contributed by atoms with van der Waals surface area (Å²) in [5.74, 6) is 0. The monoisotopic (exact) mass is 560 g/mol. The van der Waals surface area contributed by atoms with E-state index < -0.39 is 0 Å². The van der Waals surface area contributed by atoms with Crippen LogP contribution in [0.25, 0.3) is 98.4 Å². The molecule has 0 saturated heterocycles. The fourth-order valence-electron chi connectivity index (χ4n) is 7.43. The molecule has 10 aromatic rings. The van der Waals surface area contributed by atoms with E-state index in [0.29, 0.717) is 0 Å². The molecule has 44 heavy (non-hydrogen) atoms. The van der Waals surface area contributed by atoms with Gasteiger partial charge in [-0.1, -0.05) is 127 Å². The molecule has 0 aliphatic heterocycles. The molecule has 0 radical (unpaired) electrons. The molecule has 0 amide bonds. The van der Waals surface area contributed by atoms with Gasteiger partial charge in [0.05, 0.1) is 0 Å². The van der Waals surface area contributed by atoms with Crippen molar-refractivity contribution in [1.82, 2.24) is 0 Å². The van der Waals surface area contributed by atoms with Gasteiger partial charge in [0.1, 0.15) is 22.3 Å². The van der Waals surface area contributed by atoms with Gasteiger partial charge >= 0.3 is 0 Å². The van der Waals surface area contributed by atoms with Gasteiger partial charge in [-0.05, 0) is 61.6 Å². The van der Waals surface area contributed by atoms with Crippen LogP contribution in [-0.2, 0) is 0 Å². The van der Waals surface area contributed by atoms with Crippen LogP contribution < -0.4 is 0 Å². The average molecular weight is 561 g/mol. The van der Waals surface area contributed by atoms with Crippen molar-refractivity contribution in [2.24, 2.45) is 0 Å². The van der Waals surface area contributed by atoms with Crippen molar-refractivity contribution >= 4 is 76.2 Å². The van der Waals surface area contributed by atoms with Crippen molar-refractivity contribution in [3.8, 4) is 22.3 Å². The van der Waals surface area contributed by atoms with E-state index in [0.717, 1.165) is 49.4 Å². The first-order valence-corrected chi connectivity index (χ1v) is 15.0. The number of fused-ring (bicyclic) bond motifs is 9. The Balaban J connectivity index is 1.47. The molecule has 2 heteroatoms. The molecule has 0 aliphatic rings. The number of benzene rings is 8. The molecule has 0 atom stereocenters. The quantitative estimate of drug-likeness (QED) is 0.197. The van der Waals surface area contributed by atoms with Gasteiger partial charge in [-0.2, -0.15) is 0 Å². The minimum absolute atomic E-state index is 0.867. The summed E-state index contributed by atoms with van der Waals surface area (Å²) >= 11 is 0. The maximum absolute atomic E-state index is 6.79. The van der Waals surface area contributed by atoms with E-state index in [4.69, 9.17) is 8.83 Å². The predicted molar refractivity (Wildman–Crippen MR) is 184 cm³/mol. The second kappa shape index (κ2) is 8.82. The van der Waals surface area contributed by atoms with Crippen molar-refractivity contribution in [2.75, 3.05) is 0 Å². The minimum Gasteiger partial charge on any atom is -0.456 e. The van der Waals surface area contributed by atoms with Crippen molar-refractivity contribution in [1.29, 1.82) is 0 Å². The summed E-state index contributed by atoms with van der Waals surface area (Å²) in [4.78, 5) is 0. The molecule has 8 aromatic carbocycles. The van der Waals surface area contributed by atoms with Gasteiger partial charge in [0, 0.05) is 32.7 Å². The zero-order valence-corrected chi connectivity index (χ0v) is 23.7. The molecular formula is C42H24O2. The van der Waals surface area contributed by atoms with Gasteiger partial charge in [0.2, 0.25) is 0 Å². The number of furan rings is 2. The van der Waals surface area contributed by atoms with Crippen molar-refractivity contribution in [2.45, 2.75) is 0 Å². The smallest absolute Gasteiger partial charge is 0.144 e. The molecule has 2 heterocycles. The highest BCUT2D eigenvalue weighted by atomic mass is 16.3. The van der Waals surface area contributed by atoms with Crippen LogP contribution in [0.2, 0.25) is 0 Å². The van der Waals surface area contributed by atoms with E-state index >= 15 is 0 Å². The van der Waals surface area contributed by atoms with E-state index in [9.17, 15) is 0 Å². The third kappa shape index (κ3) is 3.14. The average Bonchev–Trinajstić information content (AvgIpc) is 3.64. The molecule has 0 saturated carbocycles. The first-order valence-electron chi connectivity index (χ1n) is 15.0. The Labute approximate surface area is 252 Å². The summed E-state index contributed by atoms with van der Waals surface area (Å²) in [5, 5.41) is 11.6. The standard InChI is InChI=1S/C42H24O2/c1-2-14-26-25(12-1)13-11-21-28(26)38-29-16-3-5-18-31(29)39(32-19-6-4-17-30(32)38)41-40-33-20-8-10-23-36(33)43-37(40)24-34-27-15-7-9-22-35(27)44-42(34)41/h1-24H. The third-order valence-electron chi connectivity index (χ3n) is 9.25. The van der Waals surface area contributed by atoms with Crippen LogP contribution in [0.3, 0.4) is 0 Å². The fourth-order valence-corrected chi connectivity index (χ4v) is 7.43. The van der Waals surface area contributed by atoms with Gasteiger partial charge < -0.3 is 8.83 Å². The van der Waals surface area contributed by atoms with Crippen LogP contribution >= 0.6 is 0 Å². The molecule has 0 fully saturated rings. The molecule has 0 bridgehead atoms. The summed E-state index contributed by atoms with van der Waals surface area (Å²) in [7, 11) is 0. The van der Waals surface area contributed by atoms with Gasteiger partial charge in [0.25, 0.3) is 0 Å². The predicted octanol–water partition coefficient (Wildman–Crippen LogP) is 12.3. The maximum Gasteiger partial charge on any atom is 0.144 e. The van der Waals surface area contributed by atoms with Crippen LogP contribution in [0.15, 0.2) is 154 Å². The van der Waals surface area contributed by atoms with E-state index in [1.165, 1.54) is 49.0 Å². The van der Waals surface area contributed by atoms with Crippen molar-refractivity contribution in [3.63, 3.8) is 0 Å². The highest BCUT2D eigenvalue weighted by molar-refractivity contribution is 6.31. The van der Waals surface area contributed by atoms with Crippen LogP contribution in [0, 0.1) is 0 Å². The van der Waals surface area contributed by atoms with Crippen LogP contribution in [0.1, 0.15) is 0 Å². The van der Waals surface area contributed by atoms with Gasteiger partial charge in [-0.3, -0.25) is 0 Å². The van der Waals surface area contributed by atoms with Gasteiger partial charge in [-0.25, -0.2) is 0 Å². The minimum atomic E-state index is 0.867. The lowest BCUT2D eigenvalue weighted by Gasteiger charge is -2.19. The Bertz CT molecular complexity index is 2710. The lowest BCUT2D eigenvalue weighted by atomic mass is 9.83. The topological polar surface area (TPSA) is 26.3 Å². The zero-order chi connectivity index (χ0) is 28.8. The van der Waals surface area contributed by atoms with Gasteiger partial charge in [-0.15, -0.1) is 0 Å². The second-order valence-corrected chi connectivity index (χ2v) is 11.6. The van der Waals surface area contributed by atoms with Crippen LogP contribution in [-0.4, -0.2) is 0 Å². The van der Waals surface area contributed by atoms with E-state index in [1.807, 2.05) is 12.1 Å². The molecule has 2 aromatic heterocycles. The Hall–Kier alpha value is -5.86. The second-order valence-electron chi connectivity index (χ2n) is 11.6. The maximum atomic E-state index is 6.79. The molecule has 10 rings (SSSR count). The Kier molecular flexibility index (Phi) is 4.75. The first kappa shape index (κ1) is 23.7. The lowest BCUT2D eigenvalue weighted by Crippen LogP contribution is -1.92. The third-order valence-corrected chi connectivity index (χ3v) is 9.25. The number of rotatable bonds is 2. The summed E-state index contributed by atoms with van der Waals surface area (Å²) in [5.41, 5.74) is 8.25. The first-order chi connectivity index (χ1) is 21.8. The molecule has 204 valence electrons. The normalized spacial score (nSPS) is 12.1. The van der Waals surface area contributed by atoms with Crippen molar-refractivity contribution < 1.29 is 8.83 Å². The van der Waals surface area contributed by atoms with E-state index in [1.54, 1.807) is 0 Å². The largest absolute Gasteiger partial charge is 0.456 e. The molecule has 0 unspecified atom stereocenters. The Morgan fingerprint density at radius 2 is 0.841 bits per heavy atom. The highest BCUT2D eigenvalue weighted by Crippen LogP contribution is 2.51. The van der Waals surface area contributed by atoms with E-state index in [-0.39, 0.29) is 0 Å². The summed E-state index contributed by atoms with van der Waals surface area (Å²) in [6.07, 6.45) is 0. The SMILES string of the molecule is c1ccc2c(-c3c4ccccc4c(-c4c5oc6ccccc6c5cc5oc6ccccc6c45)c4ccccc34)cccc2c1. The summed E-state index contributed by atoms with van der Waals surface area (Å²) < 4.78 is 13.4. The molecule has 2 nitrogen and oxygen atoms in total. The molecule has 0 aliphatic carbocycles. The van der Waals surface area contributed by atoms with Gasteiger partial charge in [0.15, 0.2) is 0 Å². The Morgan fingerprint density at radius 3 is 1.55 bits per heavy atom.